The first-order valence-electron chi connectivity index (χ1n) is 5.25. The SMILES string of the molecule is CCOC(=O)C1=C(C)N(C)C(=O)C1CC(=O)[O-]. The standard InChI is InChI=1S/C11H15NO5/c1-4-17-11(16)9-6(2)12(3)10(15)7(9)5-8(13)14/h7H,4-5H2,1-3H3,(H,13,14)/p-1. The van der Waals surface area contributed by atoms with E-state index in [-0.39, 0.29) is 12.2 Å². The highest BCUT2D eigenvalue weighted by atomic mass is 16.5. The van der Waals surface area contributed by atoms with Gasteiger partial charge in [-0.3, -0.25) is 4.79 Å². The highest BCUT2D eigenvalue weighted by Gasteiger charge is 2.39. The minimum absolute atomic E-state index is 0.114. The fourth-order valence-electron chi connectivity index (χ4n) is 1.81. The number of hydrogen-bond acceptors (Lipinski definition) is 5. The number of carbonyl (C=O) groups is 3. The number of carboxylic acids is 1. The van der Waals surface area contributed by atoms with Gasteiger partial charge >= 0.3 is 5.97 Å². The predicted octanol–water partition coefficient (Wildman–Crippen LogP) is -0.948. The lowest BCUT2D eigenvalue weighted by molar-refractivity contribution is -0.306. The summed E-state index contributed by atoms with van der Waals surface area (Å²) in [4.78, 5) is 35.3. The lowest BCUT2D eigenvalue weighted by Gasteiger charge is -2.13. The Kier molecular flexibility index (Phi) is 3.88. The van der Waals surface area contributed by atoms with Crippen molar-refractivity contribution in [2.75, 3.05) is 13.7 Å². The molecule has 1 atom stereocenters. The van der Waals surface area contributed by atoms with Crippen molar-refractivity contribution in [2.24, 2.45) is 5.92 Å². The summed E-state index contributed by atoms with van der Waals surface area (Å²) in [6, 6.07) is 0. The maximum absolute atomic E-state index is 11.8. The van der Waals surface area contributed by atoms with Crippen LogP contribution in [0.25, 0.3) is 0 Å². The molecular weight excluding hydrogens is 226 g/mol. The molecule has 1 aliphatic rings. The van der Waals surface area contributed by atoms with Crippen LogP contribution in [0.3, 0.4) is 0 Å². The number of amides is 1. The van der Waals surface area contributed by atoms with E-state index in [9.17, 15) is 19.5 Å². The average Bonchev–Trinajstić information content (AvgIpc) is 2.43. The molecule has 1 unspecified atom stereocenters. The second-order valence-electron chi connectivity index (χ2n) is 3.75. The number of allylic oxidation sites excluding steroid dienone is 1. The fourth-order valence-corrected chi connectivity index (χ4v) is 1.81. The van der Waals surface area contributed by atoms with Gasteiger partial charge in [0.1, 0.15) is 0 Å². The van der Waals surface area contributed by atoms with Gasteiger partial charge in [-0.2, -0.15) is 0 Å². The van der Waals surface area contributed by atoms with Crippen LogP contribution in [0.15, 0.2) is 11.3 Å². The summed E-state index contributed by atoms with van der Waals surface area (Å²) in [6.07, 6.45) is -0.505. The van der Waals surface area contributed by atoms with Crippen LogP contribution in [-0.4, -0.2) is 36.4 Å². The van der Waals surface area contributed by atoms with Crippen molar-refractivity contribution in [1.82, 2.24) is 4.90 Å². The largest absolute Gasteiger partial charge is 0.550 e. The normalized spacial score (nSPS) is 19.8. The van der Waals surface area contributed by atoms with E-state index in [2.05, 4.69) is 0 Å². The number of carbonyl (C=O) groups excluding carboxylic acids is 3. The minimum Gasteiger partial charge on any atom is -0.550 e. The first-order chi connectivity index (χ1) is 7.90. The van der Waals surface area contributed by atoms with E-state index >= 15 is 0 Å². The lowest BCUT2D eigenvalue weighted by Crippen LogP contribution is -2.32. The van der Waals surface area contributed by atoms with Crippen LogP contribution in [0, 0.1) is 5.92 Å². The quantitative estimate of drug-likeness (QED) is 0.591. The van der Waals surface area contributed by atoms with Crippen molar-refractivity contribution in [3.05, 3.63) is 11.3 Å². The van der Waals surface area contributed by atoms with Crippen molar-refractivity contribution in [2.45, 2.75) is 20.3 Å². The number of esters is 1. The molecule has 1 heterocycles. The Morgan fingerprint density at radius 1 is 1.47 bits per heavy atom. The van der Waals surface area contributed by atoms with Gasteiger partial charge < -0.3 is 19.5 Å². The molecule has 0 aromatic rings. The Bertz CT molecular complexity index is 399. The van der Waals surface area contributed by atoms with E-state index < -0.39 is 30.2 Å². The number of aliphatic carboxylic acids is 1. The maximum atomic E-state index is 11.8. The summed E-state index contributed by atoms with van der Waals surface area (Å²) in [7, 11) is 1.49. The van der Waals surface area contributed by atoms with Crippen molar-refractivity contribution >= 4 is 17.8 Å². The molecule has 0 saturated carbocycles. The van der Waals surface area contributed by atoms with Crippen LogP contribution in [0.1, 0.15) is 20.3 Å². The first kappa shape index (κ1) is 13.2. The molecule has 6 nitrogen and oxygen atoms in total. The molecule has 0 N–H and O–H groups in total. The molecule has 6 heteroatoms. The Morgan fingerprint density at radius 2 is 2.06 bits per heavy atom. The molecule has 0 aliphatic carbocycles. The van der Waals surface area contributed by atoms with Gasteiger partial charge in [-0.25, -0.2) is 4.79 Å². The molecular formula is C11H14NO5-. The molecule has 0 fully saturated rings. The van der Waals surface area contributed by atoms with Gasteiger partial charge in [-0.1, -0.05) is 0 Å². The highest BCUT2D eigenvalue weighted by Crippen LogP contribution is 2.31. The molecule has 1 aliphatic heterocycles. The van der Waals surface area contributed by atoms with E-state index in [1.807, 2.05) is 0 Å². The summed E-state index contributed by atoms with van der Waals surface area (Å²) in [5.41, 5.74) is 0.545. The molecule has 0 bridgehead atoms. The molecule has 1 rings (SSSR count). The molecule has 0 aromatic heterocycles. The summed E-state index contributed by atoms with van der Waals surface area (Å²) in [5.74, 6) is -3.43. The number of carboxylic acid groups (broad SMARTS) is 1. The van der Waals surface area contributed by atoms with E-state index in [0.717, 1.165) is 0 Å². The summed E-state index contributed by atoms with van der Waals surface area (Å²) >= 11 is 0. The zero-order valence-corrected chi connectivity index (χ0v) is 9.98. The van der Waals surface area contributed by atoms with Gasteiger partial charge in [0.2, 0.25) is 5.91 Å². The predicted molar refractivity (Wildman–Crippen MR) is 55.2 cm³/mol. The monoisotopic (exact) mass is 240 g/mol. The summed E-state index contributed by atoms with van der Waals surface area (Å²) in [5, 5.41) is 10.6. The van der Waals surface area contributed by atoms with Gasteiger partial charge in [0.25, 0.3) is 0 Å². The van der Waals surface area contributed by atoms with Gasteiger partial charge in [-0.05, 0) is 13.8 Å². The van der Waals surface area contributed by atoms with Crippen LogP contribution in [-0.2, 0) is 19.1 Å². The van der Waals surface area contributed by atoms with Gasteiger partial charge in [0.05, 0.1) is 18.1 Å². The van der Waals surface area contributed by atoms with Crippen molar-refractivity contribution in [1.29, 1.82) is 0 Å². The molecule has 0 spiro atoms. The molecule has 0 saturated heterocycles. The summed E-state index contributed by atoms with van der Waals surface area (Å²) in [6.45, 7) is 3.40. The van der Waals surface area contributed by atoms with Crippen LogP contribution in [0.4, 0.5) is 0 Å². The van der Waals surface area contributed by atoms with Crippen LogP contribution >= 0.6 is 0 Å². The number of ether oxygens (including phenoxy) is 1. The fraction of sp³-hybridized carbons (Fsp3) is 0.545. The minimum atomic E-state index is -1.37. The van der Waals surface area contributed by atoms with Gasteiger partial charge in [0, 0.05) is 25.1 Å². The Balaban J connectivity index is 3.05. The topological polar surface area (TPSA) is 86.7 Å². The zero-order valence-electron chi connectivity index (χ0n) is 9.98. The average molecular weight is 240 g/mol. The van der Waals surface area contributed by atoms with E-state index in [0.29, 0.717) is 5.70 Å². The smallest absolute Gasteiger partial charge is 0.336 e. The third kappa shape index (κ3) is 2.46. The van der Waals surface area contributed by atoms with E-state index in [1.54, 1.807) is 13.8 Å². The third-order valence-electron chi connectivity index (χ3n) is 2.74. The first-order valence-corrected chi connectivity index (χ1v) is 5.25. The van der Waals surface area contributed by atoms with E-state index in [4.69, 9.17) is 4.74 Å². The van der Waals surface area contributed by atoms with Crippen LogP contribution in [0.2, 0.25) is 0 Å². The van der Waals surface area contributed by atoms with Crippen molar-refractivity contribution < 1.29 is 24.2 Å². The zero-order chi connectivity index (χ0) is 13.2. The van der Waals surface area contributed by atoms with Crippen molar-refractivity contribution in [3.8, 4) is 0 Å². The van der Waals surface area contributed by atoms with Crippen LogP contribution in [0.5, 0.6) is 0 Å². The van der Waals surface area contributed by atoms with Gasteiger partial charge in [0.15, 0.2) is 0 Å². The lowest BCUT2D eigenvalue weighted by atomic mass is 9.97. The van der Waals surface area contributed by atoms with E-state index in [1.165, 1.54) is 11.9 Å². The maximum Gasteiger partial charge on any atom is 0.336 e. The molecule has 0 aromatic carbocycles. The molecule has 17 heavy (non-hydrogen) atoms. The number of hydrogen-bond donors (Lipinski definition) is 0. The third-order valence-corrected chi connectivity index (χ3v) is 2.74. The van der Waals surface area contributed by atoms with Crippen molar-refractivity contribution in [3.63, 3.8) is 0 Å². The molecule has 0 radical (unpaired) electrons. The Labute approximate surface area is 98.8 Å². The van der Waals surface area contributed by atoms with Gasteiger partial charge in [-0.15, -0.1) is 0 Å². The number of rotatable bonds is 4. The number of nitrogens with zero attached hydrogens (tertiary/aromatic N) is 1. The second-order valence-corrected chi connectivity index (χ2v) is 3.75. The Hall–Kier alpha value is -1.85. The Morgan fingerprint density at radius 3 is 2.53 bits per heavy atom. The van der Waals surface area contributed by atoms with Crippen LogP contribution < -0.4 is 5.11 Å². The summed E-state index contributed by atoms with van der Waals surface area (Å²) < 4.78 is 4.82. The molecule has 1 amide bonds. The second kappa shape index (κ2) is 4.99. The molecule has 94 valence electrons. The highest BCUT2D eigenvalue weighted by molar-refractivity contribution is 6.03.